The van der Waals surface area contributed by atoms with E-state index in [1.165, 1.54) is 11.8 Å². The highest BCUT2D eigenvalue weighted by molar-refractivity contribution is 7.99. The summed E-state index contributed by atoms with van der Waals surface area (Å²) in [4.78, 5) is 19.0. The molecule has 1 aliphatic heterocycles. The van der Waals surface area contributed by atoms with Crippen LogP contribution in [0.3, 0.4) is 0 Å². The average molecular weight is 442 g/mol. The zero-order valence-electron chi connectivity index (χ0n) is 14.7. The fourth-order valence-electron chi connectivity index (χ4n) is 2.79. The van der Waals surface area contributed by atoms with Gasteiger partial charge in [-0.15, -0.1) is 11.8 Å². The second-order valence-electron chi connectivity index (χ2n) is 5.70. The lowest BCUT2D eigenvalue weighted by Gasteiger charge is -2.30. The number of carbonyl (C=O) groups excluding carboxylic acids is 1. The lowest BCUT2D eigenvalue weighted by atomic mass is 9.99. The van der Waals surface area contributed by atoms with Crippen LogP contribution in [0.1, 0.15) is 29.3 Å². The Bertz CT molecular complexity index is 1040. The number of hydrogen-bond donors (Lipinski definition) is 1. The maximum Gasteiger partial charge on any atom is 0.466 e. The molecule has 0 bridgehead atoms. The number of nitrogens with zero attached hydrogens (tertiary/aromatic N) is 3. The molecule has 1 aromatic heterocycles. The number of thioether (sulfide) groups is 1. The van der Waals surface area contributed by atoms with Gasteiger partial charge in [-0.25, -0.2) is 9.27 Å². The Labute approximate surface area is 171 Å². The van der Waals surface area contributed by atoms with Gasteiger partial charge in [0.05, 0.1) is 17.0 Å². The lowest BCUT2D eigenvalue weighted by molar-refractivity contribution is 0.0983. The molecule has 0 radical (unpaired) electrons. The van der Waals surface area contributed by atoms with Crippen molar-refractivity contribution in [1.82, 2.24) is 4.98 Å². The maximum atomic E-state index is 13.2. The molecule has 2 aromatic rings. The monoisotopic (exact) mass is 441 g/mol. The third kappa shape index (κ3) is 4.64. The lowest BCUT2D eigenvalue weighted by Crippen LogP contribution is -2.38. The van der Waals surface area contributed by atoms with Gasteiger partial charge in [-0.2, -0.15) is 8.42 Å². The first kappa shape index (κ1) is 20.6. The summed E-state index contributed by atoms with van der Waals surface area (Å²) < 4.78 is 34.6. The molecule has 1 aliphatic rings. The fraction of sp³-hybridized carbons (Fsp3) is 0.235. The number of benzene rings is 1. The van der Waals surface area contributed by atoms with Gasteiger partial charge in [0.15, 0.2) is 0 Å². The number of fused-ring (bicyclic) bond motifs is 1. The van der Waals surface area contributed by atoms with Crippen molar-refractivity contribution in [1.29, 1.82) is 0 Å². The molecule has 0 saturated heterocycles. The summed E-state index contributed by atoms with van der Waals surface area (Å²) >= 11 is 7.58. The van der Waals surface area contributed by atoms with E-state index in [0.29, 0.717) is 26.9 Å². The fourth-order valence-corrected chi connectivity index (χ4v) is 3.86. The molecule has 0 fully saturated rings. The van der Waals surface area contributed by atoms with Gasteiger partial charge >= 0.3 is 10.4 Å². The number of amides is 1. The highest BCUT2D eigenvalue weighted by atomic mass is 35.5. The molecule has 1 amide bonds. The number of pyridine rings is 1. The number of oxime groups is 1. The number of rotatable bonds is 5. The molecule has 8 nitrogen and oxygen atoms in total. The highest BCUT2D eigenvalue weighted by Gasteiger charge is 2.29. The van der Waals surface area contributed by atoms with Crippen LogP contribution in [0.4, 0.5) is 5.69 Å². The van der Waals surface area contributed by atoms with E-state index >= 15 is 0 Å². The van der Waals surface area contributed by atoms with Crippen LogP contribution in [0.2, 0.25) is 5.02 Å². The molecule has 148 valence electrons. The van der Waals surface area contributed by atoms with Gasteiger partial charge < -0.3 is 4.90 Å². The van der Waals surface area contributed by atoms with Gasteiger partial charge in [-0.3, -0.25) is 9.35 Å². The molecular weight excluding hydrogens is 426 g/mol. The van der Waals surface area contributed by atoms with Crippen molar-refractivity contribution >= 4 is 51.1 Å². The molecule has 0 saturated carbocycles. The molecule has 0 aliphatic carbocycles. The van der Waals surface area contributed by atoms with Crippen molar-refractivity contribution in [3.63, 3.8) is 0 Å². The normalized spacial score (nSPS) is 15.4. The van der Waals surface area contributed by atoms with Crippen molar-refractivity contribution in [2.75, 3.05) is 17.2 Å². The topological polar surface area (TPSA) is 109 Å². The molecular formula is C17H16ClN3O5S2. The Balaban J connectivity index is 2.02. The van der Waals surface area contributed by atoms with E-state index in [4.69, 9.17) is 16.2 Å². The minimum Gasteiger partial charge on any atom is -0.307 e. The van der Waals surface area contributed by atoms with Crippen LogP contribution in [0, 0.1) is 0 Å². The summed E-state index contributed by atoms with van der Waals surface area (Å²) in [5, 5.41) is 4.56. The largest absolute Gasteiger partial charge is 0.466 e. The number of halogens is 1. The van der Waals surface area contributed by atoms with Crippen LogP contribution in [0.15, 0.2) is 46.7 Å². The molecule has 3 rings (SSSR count). The summed E-state index contributed by atoms with van der Waals surface area (Å²) in [6.07, 6.45) is 1.86. The second kappa shape index (κ2) is 8.48. The maximum absolute atomic E-state index is 13.2. The third-order valence-electron chi connectivity index (χ3n) is 3.90. The Morgan fingerprint density at radius 3 is 2.93 bits per heavy atom. The standard InChI is InChI=1S/C17H16ClN3O5S2/c1-2-27-16-13(4-3-8-19-16)17(22)21-9-7-14(20-26-28(23,24)25)12-6-5-11(18)10-15(12)21/h3-6,8,10H,2,7,9H2,1H3,(H,23,24,25)/b20-14-. The predicted molar refractivity (Wildman–Crippen MR) is 108 cm³/mol. The van der Waals surface area contributed by atoms with E-state index < -0.39 is 10.4 Å². The van der Waals surface area contributed by atoms with Gasteiger partial charge in [-0.05, 0) is 36.1 Å². The SMILES string of the molecule is CCSc1ncccc1C(=O)N1CC/C(=N/OS(=O)(=O)O)c2ccc(Cl)cc21. The molecule has 1 aromatic carbocycles. The molecule has 11 heteroatoms. The average Bonchev–Trinajstić information content (AvgIpc) is 2.65. The molecule has 2 heterocycles. The van der Waals surface area contributed by atoms with Crippen molar-refractivity contribution in [3.05, 3.63) is 52.7 Å². The molecule has 28 heavy (non-hydrogen) atoms. The number of carbonyl (C=O) groups is 1. The highest BCUT2D eigenvalue weighted by Crippen LogP contribution is 2.33. The van der Waals surface area contributed by atoms with E-state index in [1.54, 1.807) is 41.4 Å². The Morgan fingerprint density at radius 1 is 1.43 bits per heavy atom. The Morgan fingerprint density at radius 2 is 2.21 bits per heavy atom. The number of hydrogen-bond acceptors (Lipinski definition) is 7. The van der Waals surface area contributed by atoms with Crippen molar-refractivity contribution in [2.45, 2.75) is 18.4 Å². The molecule has 0 unspecified atom stereocenters. The van der Waals surface area contributed by atoms with Gasteiger partial charge in [0, 0.05) is 29.7 Å². The van der Waals surface area contributed by atoms with Gasteiger partial charge in [0.2, 0.25) is 0 Å². The van der Waals surface area contributed by atoms with E-state index in [1.807, 2.05) is 6.92 Å². The summed E-state index contributed by atoms with van der Waals surface area (Å²) in [5.41, 5.74) is 1.71. The predicted octanol–water partition coefficient (Wildman–Crippen LogP) is 3.42. The Hall–Kier alpha value is -2.14. The molecule has 0 spiro atoms. The van der Waals surface area contributed by atoms with Crippen LogP contribution in [0.5, 0.6) is 0 Å². The summed E-state index contributed by atoms with van der Waals surface area (Å²) in [7, 11) is -4.72. The van der Waals surface area contributed by atoms with Gasteiger partial charge in [0.25, 0.3) is 5.91 Å². The third-order valence-corrected chi connectivity index (χ3v) is 5.29. The van der Waals surface area contributed by atoms with Crippen LogP contribution >= 0.6 is 23.4 Å². The molecule has 1 N–H and O–H groups in total. The number of aromatic nitrogens is 1. The van der Waals surface area contributed by atoms with Crippen molar-refractivity contribution < 1.29 is 22.0 Å². The summed E-state index contributed by atoms with van der Waals surface area (Å²) in [6.45, 7) is 2.20. The van der Waals surface area contributed by atoms with E-state index in [0.717, 1.165) is 5.75 Å². The smallest absolute Gasteiger partial charge is 0.307 e. The quantitative estimate of drug-likeness (QED) is 0.430. The Kier molecular flexibility index (Phi) is 6.23. The minimum atomic E-state index is -4.72. The van der Waals surface area contributed by atoms with E-state index in [-0.39, 0.29) is 24.6 Å². The van der Waals surface area contributed by atoms with Crippen molar-refractivity contribution in [2.24, 2.45) is 5.16 Å². The van der Waals surface area contributed by atoms with Crippen LogP contribution in [-0.2, 0) is 14.7 Å². The van der Waals surface area contributed by atoms with Crippen LogP contribution < -0.4 is 4.90 Å². The first-order valence-electron chi connectivity index (χ1n) is 8.22. The first-order chi connectivity index (χ1) is 13.3. The first-order valence-corrected chi connectivity index (χ1v) is 11.0. The van der Waals surface area contributed by atoms with Crippen LogP contribution in [-0.4, -0.2) is 41.9 Å². The zero-order chi connectivity index (χ0) is 20.3. The number of anilines is 1. The van der Waals surface area contributed by atoms with Crippen LogP contribution in [0.25, 0.3) is 0 Å². The summed E-state index contributed by atoms with van der Waals surface area (Å²) in [5.74, 6) is 0.519. The van der Waals surface area contributed by atoms with Gasteiger partial charge in [-0.1, -0.05) is 23.7 Å². The second-order valence-corrected chi connectivity index (χ2v) is 8.39. The molecule has 0 atom stereocenters. The van der Waals surface area contributed by atoms with Crippen molar-refractivity contribution in [3.8, 4) is 0 Å². The van der Waals surface area contributed by atoms with Gasteiger partial charge in [0.1, 0.15) is 5.03 Å². The minimum absolute atomic E-state index is 0.227. The zero-order valence-corrected chi connectivity index (χ0v) is 17.1. The summed E-state index contributed by atoms with van der Waals surface area (Å²) in [6, 6.07) is 8.22. The van der Waals surface area contributed by atoms with E-state index in [2.05, 4.69) is 14.4 Å². The van der Waals surface area contributed by atoms with E-state index in [9.17, 15) is 13.2 Å².